The second-order valence-electron chi connectivity index (χ2n) is 7.66. The molecule has 1 fully saturated rings. The second kappa shape index (κ2) is 6.43. The summed E-state index contributed by atoms with van der Waals surface area (Å²) >= 11 is 0. The Balaban J connectivity index is 3.19. The summed E-state index contributed by atoms with van der Waals surface area (Å²) in [4.78, 5) is 24.1. The zero-order valence-electron chi connectivity index (χ0n) is 14.8. The average molecular weight is 310 g/mol. The predicted octanol–water partition coefficient (Wildman–Crippen LogP) is 4.03. The van der Waals surface area contributed by atoms with Gasteiger partial charge in [0.15, 0.2) is 0 Å². The fraction of sp³-hybridized carbons (Fsp3) is 0.778. The van der Waals surface area contributed by atoms with Gasteiger partial charge in [0, 0.05) is 12.3 Å². The predicted molar refractivity (Wildman–Crippen MR) is 86.3 cm³/mol. The summed E-state index contributed by atoms with van der Waals surface area (Å²) < 4.78 is 11.2. The Bertz CT molecular complexity index is 448. The van der Waals surface area contributed by atoms with Crippen molar-refractivity contribution in [1.82, 2.24) is 0 Å². The molecule has 0 aromatic rings. The molecular formula is C18H30O4. The molecule has 0 amide bonds. The van der Waals surface area contributed by atoms with Gasteiger partial charge in [-0.3, -0.25) is 9.59 Å². The third-order valence-electron chi connectivity index (χ3n) is 4.70. The first kappa shape index (κ1) is 18.7. The SMILES string of the molecule is C=CC1(C)CCC[C@@H](C)[C@@]1(CC(=O)OC(C)(C)C)OC(C)=O. The Kier molecular flexibility index (Phi) is 5.47. The van der Waals surface area contributed by atoms with Gasteiger partial charge >= 0.3 is 11.9 Å². The standard InChI is InChI=1S/C18H30O4/c1-8-17(7)11-9-10-13(2)18(17,21-14(3)19)12-15(20)22-16(4,5)6/h8,13H,1,9-12H2,2-7H3/t13-,17?,18-/m1/s1. The molecule has 0 N–H and O–H groups in total. The highest BCUT2D eigenvalue weighted by atomic mass is 16.6. The number of carbonyl (C=O) groups excluding carboxylic acids is 2. The van der Waals surface area contributed by atoms with Crippen molar-refractivity contribution in [2.45, 2.75) is 78.4 Å². The van der Waals surface area contributed by atoms with Crippen molar-refractivity contribution in [2.75, 3.05) is 0 Å². The maximum absolute atomic E-state index is 12.4. The zero-order valence-corrected chi connectivity index (χ0v) is 14.8. The van der Waals surface area contributed by atoms with Crippen LogP contribution in [0.1, 0.15) is 67.2 Å². The van der Waals surface area contributed by atoms with E-state index < -0.39 is 16.6 Å². The van der Waals surface area contributed by atoms with E-state index in [9.17, 15) is 9.59 Å². The van der Waals surface area contributed by atoms with Crippen LogP contribution in [0.15, 0.2) is 12.7 Å². The molecule has 4 nitrogen and oxygen atoms in total. The molecule has 0 saturated heterocycles. The molecule has 0 spiro atoms. The molecule has 0 aromatic carbocycles. The van der Waals surface area contributed by atoms with Crippen LogP contribution in [-0.4, -0.2) is 23.1 Å². The molecule has 1 saturated carbocycles. The highest BCUT2D eigenvalue weighted by Crippen LogP contribution is 2.52. The lowest BCUT2D eigenvalue weighted by molar-refractivity contribution is -0.197. The zero-order chi connectivity index (χ0) is 17.2. The lowest BCUT2D eigenvalue weighted by Gasteiger charge is -2.52. The van der Waals surface area contributed by atoms with E-state index in [0.29, 0.717) is 0 Å². The smallest absolute Gasteiger partial charge is 0.310 e. The summed E-state index contributed by atoms with van der Waals surface area (Å²) in [5.41, 5.74) is -1.88. The molecule has 4 heteroatoms. The van der Waals surface area contributed by atoms with Crippen LogP contribution in [0, 0.1) is 11.3 Å². The first-order valence-corrected chi connectivity index (χ1v) is 8.01. The Morgan fingerprint density at radius 3 is 2.41 bits per heavy atom. The largest absolute Gasteiger partial charge is 0.460 e. The monoisotopic (exact) mass is 310 g/mol. The highest BCUT2D eigenvalue weighted by molar-refractivity contribution is 5.73. The van der Waals surface area contributed by atoms with Crippen molar-refractivity contribution in [3.63, 3.8) is 0 Å². The summed E-state index contributed by atoms with van der Waals surface area (Å²) in [5.74, 6) is -0.637. The number of rotatable bonds is 4. The highest BCUT2D eigenvalue weighted by Gasteiger charge is 2.56. The summed E-state index contributed by atoms with van der Waals surface area (Å²) in [6.07, 6.45) is 4.68. The third kappa shape index (κ3) is 3.90. The van der Waals surface area contributed by atoms with Gasteiger partial charge in [-0.25, -0.2) is 0 Å². The lowest BCUT2D eigenvalue weighted by atomic mass is 9.58. The molecule has 1 aliphatic carbocycles. The molecule has 1 unspecified atom stereocenters. The maximum Gasteiger partial charge on any atom is 0.310 e. The minimum atomic E-state index is -0.888. The van der Waals surface area contributed by atoms with Crippen LogP contribution in [0.4, 0.5) is 0 Å². The molecular weight excluding hydrogens is 280 g/mol. The van der Waals surface area contributed by atoms with Gasteiger partial charge in [0.05, 0.1) is 6.42 Å². The molecule has 0 aliphatic heterocycles. The van der Waals surface area contributed by atoms with E-state index in [4.69, 9.17) is 9.47 Å². The third-order valence-corrected chi connectivity index (χ3v) is 4.70. The van der Waals surface area contributed by atoms with Gasteiger partial charge in [0.2, 0.25) is 0 Å². The van der Waals surface area contributed by atoms with E-state index in [0.717, 1.165) is 19.3 Å². The quantitative estimate of drug-likeness (QED) is 0.581. The molecule has 1 rings (SSSR count). The van der Waals surface area contributed by atoms with E-state index in [2.05, 4.69) is 6.58 Å². The average Bonchev–Trinajstić information content (AvgIpc) is 2.32. The van der Waals surface area contributed by atoms with Crippen LogP contribution in [0.3, 0.4) is 0 Å². The van der Waals surface area contributed by atoms with Gasteiger partial charge in [-0.2, -0.15) is 0 Å². The molecule has 0 heterocycles. The second-order valence-corrected chi connectivity index (χ2v) is 7.66. The molecule has 0 aromatic heterocycles. The number of esters is 2. The number of hydrogen-bond donors (Lipinski definition) is 0. The Labute approximate surface area is 134 Å². The fourth-order valence-electron chi connectivity index (χ4n) is 3.54. The Hall–Kier alpha value is -1.32. The molecule has 3 atom stereocenters. The summed E-state index contributed by atoms with van der Waals surface area (Å²) in [7, 11) is 0. The topological polar surface area (TPSA) is 52.6 Å². The Morgan fingerprint density at radius 2 is 1.95 bits per heavy atom. The minimum Gasteiger partial charge on any atom is -0.460 e. The normalized spacial score (nSPS) is 32.2. The van der Waals surface area contributed by atoms with Gasteiger partial charge in [0.25, 0.3) is 0 Å². The van der Waals surface area contributed by atoms with Crippen LogP contribution in [0.5, 0.6) is 0 Å². The molecule has 126 valence electrons. The van der Waals surface area contributed by atoms with E-state index >= 15 is 0 Å². The lowest BCUT2D eigenvalue weighted by Crippen LogP contribution is -2.57. The van der Waals surface area contributed by atoms with E-state index in [1.807, 2.05) is 40.7 Å². The number of carbonyl (C=O) groups is 2. The van der Waals surface area contributed by atoms with Crippen molar-refractivity contribution in [3.05, 3.63) is 12.7 Å². The minimum absolute atomic E-state index is 0.0630. The van der Waals surface area contributed by atoms with Crippen molar-refractivity contribution < 1.29 is 19.1 Å². The van der Waals surface area contributed by atoms with E-state index in [-0.39, 0.29) is 24.3 Å². The summed E-state index contributed by atoms with van der Waals surface area (Å²) in [6, 6.07) is 0. The number of hydrogen-bond acceptors (Lipinski definition) is 4. The molecule has 1 aliphatic rings. The molecule has 0 bridgehead atoms. The van der Waals surface area contributed by atoms with Gasteiger partial charge in [-0.1, -0.05) is 26.3 Å². The van der Waals surface area contributed by atoms with E-state index in [1.165, 1.54) is 6.92 Å². The first-order valence-electron chi connectivity index (χ1n) is 8.01. The van der Waals surface area contributed by atoms with Gasteiger partial charge in [-0.15, -0.1) is 6.58 Å². The van der Waals surface area contributed by atoms with Crippen molar-refractivity contribution in [3.8, 4) is 0 Å². The van der Waals surface area contributed by atoms with Crippen LogP contribution < -0.4 is 0 Å². The fourth-order valence-corrected chi connectivity index (χ4v) is 3.54. The van der Waals surface area contributed by atoms with Crippen LogP contribution in [0.2, 0.25) is 0 Å². The van der Waals surface area contributed by atoms with Crippen LogP contribution in [-0.2, 0) is 19.1 Å². The van der Waals surface area contributed by atoms with Crippen LogP contribution in [0.25, 0.3) is 0 Å². The molecule has 22 heavy (non-hydrogen) atoms. The van der Waals surface area contributed by atoms with E-state index in [1.54, 1.807) is 0 Å². The maximum atomic E-state index is 12.4. The van der Waals surface area contributed by atoms with Crippen LogP contribution >= 0.6 is 0 Å². The van der Waals surface area contributed by atoms with Crippen molar-refractivity contribution in [1.29, 1.82) is 0 Å². The van der Waals surface area contributed by atoms with Gasteiger partial charge in [-0.05, 0) is 39.5 Å². The van der Waals surface area contributed by atoms with Crippen molar-refractivity contribution >= 4 is 11.9 Å². The molecule has 0 radical (unpaired) electrons. The van der Waals surface area contributed by atoms with Gasteiger partial charge < -0.3 is 9.47 Å². The summed E-state index contributed by atoms with van der Waals surface area (Å²) in [6.45, 7) is 14.9. The van der Waals surface area contributed by atoms with Crippen molar-refractivity contribution in [2.24, 2.45) is 11.3 Å². The first-order chi connectivity index (χ1) is 9.96. The number of ether oxygens (including phenoxy) is 2. The Morgan fingerprint density at radius 1 is 1.36 bits per heavy atom. The van der Waals surface area contributed by atoms with Gasteiger partial charge in [0.1, 0.15) is 11.2 Å². The summed E-state index contributed by atoms with van der Waals surface area (Å²) in [5, 5.41) is 0.